The maximum Gasteiger partial charge on any atom is 0.337 e. The minimum Gasteiger partial charge on any atom is -0.478 e. The molecule has 0 radical (unpaired) electrons. The van der Waals surface area contributed by atoms with Gasteiger partial charge in [0.2, 0.25) is 5.91 Å². The molecule has 1 fully saturated rings. The standard InChI is InChI=1S/C12H13BrN2O3/c13-7-3-4-9(8(6-7)12(17)18)15-5-1-2-10(15)11(14)16/h3-4,6,10H,1-2,5H2,(H2,14,16)(H,17,18). The summed E-state index contributed by atoms with van der Waals surface area (Å²) in [7, 11) is 0. The molecule has 2 rings (SSSR count). The van der Waals surface area contributed by atoms with Crippen molar-refractivity contribution in [2.45, 2.75) is 18.9 Å². The van der Waals surface area contributed by atoms with Crippen LogP contribution in [0.2, 0.25) is 0 Å². The van der Waals surface area contributed by atoms with Crippen LogP contribution in [0.15, 0.2) is 22.7 Å². The van der Waals surface area contributed by atoms with Crippen LogP contribution in [0.1, 0.15) is 23.2 Å². The average molecular weight is 313 g/mol. The number of nitrogens with zero attached hydrogens (tertiary/aromatic N) is 1. The van der Waals surface area contributed by atoms with Crippen molar-refractivity contribution < 1.29 is 14.7 Å². The number of carbonyl (C=O) groups is 2. The van der Waals surface area contributed by atoms with Crippen LogP contribution in [0.4, 0.5) is 5.69 Å². The number of carboxylic acid groups (broad SMARTS) is 1. The Morgan fingerprint density at radius 2 is 2.17 bits per heavy atom. The first-order valence-corrected chi connectivity index (χ1v) is 6.39. The molecule has 1 amide bonds. The second-order valence-corrected chi connectivity index (χ2v) is 5.14. The number of primary amides is 1. The van der Waals surface area contributed by atoms with Crippen molar-refractivity contribution in [2.24, 2.45) is 5.73 Å². The number of carbonyl (C=O) groups excluding carboxylic acids is 1. The molecule has 0 bridgehead atoms. The van der Waals surface area contributed by atoms with Crippen LogP contribution in [0, 0.1) is 0 Å². The monoisotopic (exact) mass is 312 g/mol. The fraction of sp³-hybridized carbons (Fsp3) is 0.333. The molecule has 6 heteroatoms. The Labute approximate surface area is 113 Å². The fourth-order valence-electron chi connectivity index (χ4n) is 2.28. The van der Waals surface area contributed by atoms with Gasteiger partial charge in [-0.15, -0.1) is 0 Å². The van der Waals surface area contributed by atoms with Gasteiger partial charge in [-0.05, 0) is 31.0 Å². The third-order valence-corrected chi connectivity index (χ3v) is 3.57. The number of halogens is 1. The lowest BCUT2D eigenvalue weighted by Gasteiger charge is -2.25. The highest BCUT2D eigenvalue weighted by atomic mass is 79.9. The van der Waals surface area contributed by atoms with Gasteiger partial charge in [0.25, 0.3) is 0 Å². The highest BCUT2D eigenvalue weighted by Crippen LogP contribution is 2.30. The summed E-state index contributed by atoms with van der Waals surface area (Å²) in [4.78, 5) is 24.4. The summed E-state index contributed by atoms with van der Waals surface area (Å²) in [6, 6.07) is 4.59. The molecule has 0 saturated carbocycles. The van der Waals surface area contributed by atoms with Gasteiger partial charge in [-0.3, -0.25) is 4.79 Å². The lowest BCUT2D eigenvalue weighted by atomic mass is 10.1. The Hall–Kier alpha value is -1.56. The first-order chi connectivity index (χ1) is 8.50. The molecule has 1 atom stereocenters. The summed E-state index contributed by atoms with van der Waals surface area (Å²) in [5, 5.41) is 9.21. The average Bonchev–Trinajstić information content (AvgIpc) is 2.77. The fourth-order valence-corrected chi connectivity index (χ4v) is 2.64. The van der Waals surface area contributed by atoms with Crippen LogP contribution in [0.3, 0.4) is 0 Å². The first kappa shape index (κ1) is 12.9. The molecule has 5 nitrogen and oxygen atoms in total. The molecular formula is C12H13BrN2O3. The summed E-state index contributed by atoms with van der Waals surface area (Å²) < 4.78 is 0.693. The van der Waals surface area contributed by atoms with E-state index < -0.39 is 17.9 Å². The number of nitrogens with two attached hydrogens (primary N) is 1. The van der Waals surface area contributed by atoms with Crippen LogP contribution in [0.25, 0.3) is 0 Å². The van der Waals surface area contributed by atoms with E-state index in [1.54, 1.807) is 17.0 Å². The molecule has 0 aliphatic carbocycles. The summed E-state index contributed by atoms with van der Waals surface area (Å²) >= 11 is 3.24. The van der Waals surface area contributed by atoms with Gasteiger partial charge < -0.3 is 15.7 Å². The van der Waals surface area contributed by atoms with Gasteiger partial charge in [0.05, 0.1) is 11.3 Å². The van der Waals surface area contributed by atoms with Crippen LogP contribution in [0.5, 0.6) is 0 Å². The van der Waals surface area contributed by atoms with E-state index in [1.165, 1.54) is 6.07 Å². The van der Waals surface area contributed by atoms with Gasteiger partial charge in [0, 0.05) is 11.0 Å². The second kappa shape index (κ2) is 4.97. The highest BCUT2D eigenvalue weighted by molar-refractivity contribution is 9.10. The number of carboxylic acids is 1. The van der Waals surface area contributed by atoms with Crippen molar-refractivity contribution >= 4 is 33.5 Å². The molecule has 96 valence electrons. The Bertz CT molecular complexity index is 504. The molecule has 3 N–H and O–H groups in total. The van der Waals surface area contributed by atoms with Crippen LogP contribution in [-0.4, -0.2) is 29.6 Å². The number of hydrogen-bond donors (Lipinski definition) is 2. The molecular weight excluding hydrogens is 300 g/mol. The Morgan fingerprint density at radius 1 is 1.44 bits per heavy atom. The molecule has 1 heterocycles. The molecule has 1 aliphatic rings. The first-order valence-electron chi connectivity index (χ1n) is 5.59. The van der Waals surface area contributed by atoms with Crippen LogP contribution in [-0.2, 0) is 4.79 Å². The van der Waals surface area contributed by atoms with Crippen molar-refractivity contribution in [3.63, 3.8) is 0 Å². The van der Waals surface area contributed by atoms with E-state index in [9.17, 15) is 14.7 Å². The molecule has 1 saturated heterocycles. The summed E-state index contributed by atoms with van der Waals surface area (Å²) in [5.41, 5.74) is 6.07. The minimum absolute atomic E-state index is 0.178. The number of anilines is 1. The number of rotatable bonds is 3. The highest BCUT2D eigenvalue weighted by Gasteiger charge is 2.31. The summed E-state index contributed by atoms with van der Waals surface area (Å²) in [5.74, 6) is -1.42. The predicted octanol–water partition coefficient (Wildman–Crippen LogP) is 1.60. The van der Waals surface area contributed by atoms with E-state index in [-0.39, 0.29) is 5.56 Å². The van der Waals surface area contributed by atoms with Crippen molar-refractivity contribution in [3.8, 4) is 0 Å². The van der Waals surface area contributed by atoms with Crippen molar-refractivity contribution in [1.82, 2.24) is 0 Å². The van der Waals surface area contributed by atoms with Gasteiger partial charge in [-0.25, -0.2) is 4.79 Å². The van der Waals surface area contributed by atoms with Gasteiger partial charge in [-0.2, -0.15) is 0 Å². The van der Waals surface area contributed by atoms with Crippen molar-refractivity contribution in [2.75, 3.05) is 11.4 Å². The van der Waals surface area contributed by atoms with E-state index in [0.29, 0.717) is 23.1 Å². The van der Waals surface area contributed by atoms with Crippen LogP contribution >= 0.6 is 15.9 Å². The number of benzene rings is 1. The Morgan fingerprint density at radius 3 is 2.78 bits per heavy atom. The van der Waals surface area contributed by atoms with Gasteiger partial charge >= 0.3 is 5.97 Å². The lowest BCUT2D eigenvalue weighted by Crippen LogP contribution is -2.41. The number of hydrogen-bond acceptors (Lipinski definition) is 3. The largest absolute Gasteiger partial charge is 0.478 e. The van der Waals surface area contributed by atoms with Gasteiger partial charge in [-0.1, -0.05) is 15.9 Å². The smallest absolute Gasteiger partial charge is 0.337 e. The molecule has 0 spiro atoms. The predicted molar refractivity (Wildman–Crippen MR) is 70.7 cm³/mol. The Balaban J connectivity index is 2.44. The zero-order valence-electron chi connectivity index (χ0n) is 9.60. The molecule has 0 aromatic heterocycles. The van der Waals surface area contributed by atoms with E-state index in [0.717, 1.165) is 6.42 Å². The summed E-state index contributed by atoms with van der Waals surface area (Å²) in [6.07, 6.45) is 1.51. The van der Waals surface area contributed by atoms with Crippen molar-refractivity contribution in [1.29, 1.82) is 0 Å². The molecule has 1 aromatic rings. The van der Waals surface area contributed by atoms with Crippen molar-refractivity contribution in [3.05, 3.63) is 28.2 Å². The quantitative estimate of drug-likeness (QED) is 0.888. The zero-order chi connectivity index (χ0) is 13.3. The van der Waals surface area contributed by atoms with E-state index in [2.05, 4.69) is 15.9 Å². The second-order valence-electron chi connectivity index (χ2n) is 4.22. The summed E-state index contributed by atoms with van der Waals surface area (Å²) in [6.45, 7) is 0.648. The molecule has 1 aliphatic heterocycles. The minimum atomic E-state index is -1.01. The molecule has 1 aromatic carbocycles. The van der Waals surface area contributed by atoms with E-state index in [1.807, 2.05) is 0 Å². The van der Waals surface area contributed by atoms with E-state index >= 15 is 0 Å². The van der Waals surface area contributed by atoms with E-state index in [4.69, 9.17) is 5.73 Å². The number of amides is 1. The van der Waals surface area contributed by atoms with Gasteiger partial charge in [0.15, 0.2) is 0 Å². The topological polar surface area (TPSA) is 83.6 Å². The maximum atomic E-state index is 11.4. The molecule has 18 heavy (non-hydrogen) atoms. The normalized spacial score (nSPS) is 18.9. The number of aromatic carboxylic acids is 1. The molecule has 1 unspecified atom stereocenters. The third kappa shape index (κ3) is 2.33. The SMILES string of the molecule is NC(=O)C1CCCN1c1ccc(Br)cc1C(=O)O. The third-order valence-electron chi connectivity index (χ3n) is 3.08. The Kier molecular flexibility index (Phi) is 3.56. The zero-order valence-corrected chi connectivity index (χ0v) is 11.2. The van der Waals surface area contributed by atoms with Gasteiger partial charge in [0.1, 0.15) is 6.04 Å². The maximum absolute atomic E-state index is 11.4. The van der Waals surface area contributed by atoms with Crippen LogP contribution < -0.4 is 10.6 Å². The lowest BCUT2D eigenvalue weighted by molar-refractivity contribution is -0.119.